The maximum Gasteiger partial charge on any atom is 0.234 e. The van der Waals surface area contributed by atoms with E-state index in [0.717, 1.165) is 5.56 Å². The van der Waals surface area contributed by atoms with Crippen LogP contribution in [0.15, 0.2) is 69.5 Å². The van der Waals surface area contributed by atoms with Crippen LogP contribution >= 0.6 is 23.1 Å². The summed E-state index contributed by atoms with van der Waals surface area (Å²) in [5.74, 6) is 1.00. The molecule has 13 heteroatoms. The number of thioether (sulfide) groups is 1. The van der Waals surface area contributed by atoms with Gasteiger partial charge < -0.3 is 25.3 Å². The quantitative estimate of drug-likeness (QED) is 0.298. The molecule has 0 saturated heterocycles. The fourth-order valence-corrected chi connectivity index (χ4v) is 7.14. The van der Waals surface area contributed by atoms with Crippen LogP contribution < -0.4 is 30.2 Å². The van der Waals surface area contributed by atoms with E-state index in [4.69, 9.17) is 19.9 Å². The lowest BCUT2D eigenvalue weighted by Gasteiger charge is -2.42. The van der Waals surface area contributed by atoms with Crippen LogP contribution in [-0.2, 0) is 9.59 Å². The third-order valence-electron chi connectivity index (χ3n) is 7.40. The normalized spacial score (nSPS) is 17.6. The lowest BCUT2D eigenvalue weighted by atomic mass is 9.68. The van der Waals surface area contributed by atoms with Crippen LogP contribution in [0.2, 0.25) is 0 Å². The van der Waals surface area contributed by atoms with Crippen molar-refractivity contribution in [2.24, 2.45) is 11.1 Å². The van der Waals surface area contributed by atoms with Crippen molar-refractivity contribution in [3.63, 3.8) is 0 Å². The van der Waals surface area contributed by atoms with Gasteiger partial charge >= 0.3 is 0 Å². The standard InChI is InChI=1S/C31H32N6O5S2/c1-31(2)13-22-27(23(38)14-31)26(17-7-6-8-18(11-17)40-3)20(15-32)28(33)37(22)29-35-36-30(44-29)43-16-25(39)34-21-12-19(41-4)9-10-24(21)42-5/h6-12,26H,13-14,16,33H2,1-5H3,(H,34,39). The van der Waals surface area contributed by atoms with Gasteiger partial charge in [-0.05, 0) is 41.7 Å². The number of nitrogens with one attached hydrogen (secondary N) is 1. The molecule has 2 aliphatic rings. The molecule has 2 heterocycles. The Balaban J connectivity index is 1.45. The summed E-state index contributed by atoms with van der Waals surface area (Å²) >= 11 is 2.44. The van der Waals surface area contributed by atoms with Gasteiger partial charge in [-0.2, -0.15) is 5.26 Å². The highest BCUT2D eigenvalue weighted by Crippen LogP contribution is 2.51. The highest BCUT2D eigenvalue weighted by atomic mass is 32.2. The molecule has 228 valence electrons. The minimum atomic E-state index is -0.635. The van der Waals surface area contributed by atoms with Gasteiger partial charge in [-0.15, -0.1) is 10.2 Å². The third kappa shape index (κ3) is 6.09. The molecule has 0 bridgehead atoms. The molecule has 1 aromatic heterocycles. The summed E-state index contributed by atoms with van der Waals surface area (Å²) in [5.41, 5.74) is 9.10. The van der Waals surface area contributed by atoms with Crippen LogP contribution in [0.1, 0.15) is 38.2 Å². The SMILES string of the molecule is COc1cccc(C2C(C#N)=C(N)N(c3nnc(SCC(=O)Nc4cc(OC)ccc4OC)s3)C3=C2C(=O)CC(C)(C)C3)c1. The molecule has 3 aromatic rings. The summed E-state index contributed by atoms with van der Waals surface area (Å²) in [6.07, 6.45) is 0.879. The lowest BCUT2D eigenvalue weighted by Crippen LogP contribution is -2.42. The number of hydrogen-bond donors (Lipinski definition) is 2. The van der Waals surface area contributed by atoms with Crippen molar-refractivity contribution >= 4 is 45.6 Å². The predicted molar refractivity (Wildman–Crippen MR) is 169 cm³/mol. The number of carbonyl (C=O) groups excluding carboxylic acids is 2. The van der Waals surface area contributed by atoms with Gasteiger partial charge in [-0.3, -0.25) is 14.5 Å². The van der Waals surface area contributed by atoms with Crippen LogP contribution in [0, 0.1) is 16.7 Å². The van der Waals surface area contributed by atoms with Gasteiger partial charge in [0.25, 0.3) is 0 Å². The molecule has 3 N–H and O–H groups in total. The number of anilines is 2. The number of nitriles is 1. The molecule has 5 rings (SSSR count). The number of ether oxygens (including phenoxy) is 3. The Morgan fingerprint density at radius 3 is 2.59 bits per heavy atom. The van der Waals surface area contributed by atoms with Crippen molar-refractivity contribution in [3.8, 4) is 23.3 Å². The maximum atomic E-state index is 13.8. The van der Waals surface area contributed by atoms with Crippen molar-refractivity contribution in [2.45, 2.75) is 36.9 Å². The topological polar surface area (TPSA) is 153 Å². The van der Waals surface area contributed by atoms with Crippen LogP contribution in [0.4, 0.5) is 10.8 Å². The number of ketones is 1. The first-order valence-electron chi connectivity index (χ1n) is 13.7. The van der Waals surface area contributed by atoms with Crippen molar-refractivity contribution in [2.75, 3.05) is 37.3 Å². The molecule has 0 fully saturated rings. The lowest BCUT2D eigenvalue weighted by molar-refractivity contribution is -0.118. The minimum Gasteiger partial charge on any atom is -0.497 e. The highest BCUT2D eigenvalue weighted by molar-refractivity contribution is 8.01. The number of nitrogens with two attached hydrogens (primary N) is 1. The minimum absolute atomic E-state index is 0.0434. The highest BCUT2D eigenvalue weighted by Gasteiger charge is 2.45. The average Bonchev–Trinajstić information content (AvgIpc) is 3.47. The van der Waals surface area contributed by atoms with E-state index in [0.29, 0.717) is 56.5 Å². The molecule has 0 radical (unpaired) electrons. The van der Waals surface area contributed by atoms with Crippen molar-refractivity contribution < 1.29 is 23.8 Å². The van der Waals surface area contributed by atoms with Crippen LogP contribution in [-0.4, -0.2) is 49.0 Å². The first-order valence-corrected chi connectivity index (χ1v) is 15.5. The Morgan fingerprint density at radius 2 is 1.89 bits per heavy atom. The maximum absolute atomic E-state index is 13.8. The molecule has 1 atom stereocenters. The van der Waals surface area contributed by atoms with E-state index in [1.807, 2.05) is 38.1 Å². The second-order valence-corrected chi connectivity index (χ2v) is 13.2. The molecule has 1 unspecified atom stereocenters. The Kier molecular flexibility index (Phi) is 8.85. The van der Waals surface area contributed by atoms with E-state index in [9.17, 15) is 14.9 Å². The summed E-state index contributed by atoms with van der Waals surface area (Å²) in [7, 11) is 4.64. The van der Waals surface area contributed by atoms with E-state index in [2.05, 4.69) is 21.6 Å². The van der Waals surface area contributed by atoms with Crippen LogP contribution in [0.25, 0.3) is 0 Å². The van der Waals surface area contributed by atoms with Gasteiger partial charge in [0.05, 0.1) is 50.3 Å². The summed E-state index contributed by atoms with van der Waals surface area (Å²) in [6.45, 7) is 4.06. The Bertz CT molecular complexity index is 1720. The number of aromatic nitrogens is 2. The molecule has 0 saturated carbocycles. The number of methoxy groups -OCH3 is 3. The Hall–Kier alpha value is -4.54. The number of amides is 1. The summed E-state index contributed by atoms with van der Waals surface area (Å²) in [6, 6.07) is 14.7. The number of rotatable bonds is 9. The monoisotopic (exact) mass is 632 g/mol. The van der Waals surface area contributed by atoms with Crippen molar-refractivity contribution in [1.29, 1.82) is 5.26 Å². The molecule has 1 aliphatic carbocycles. The largest absolute Gasteiger partial charge is 0.497 e. The summed E-state index contributed by atoms with van der Waals surface area (Å²) < 4.78 is 16.5. The van der Waals surface area contributed by atoms with E-state index in [1.165, 1.54) is 30.2 Å². The van der Waals surface area contributed by atoms with Gasteiger partial charge in [0.1, 0.15) is 23.1 Å². The molecule has 2 aromatic carbocycles. The summed E-state index contributed by atoms with van der Waals surface area (Å²) in [4.78, 5) is 28.3. The number of carbonyl (C=O) groups is 2. The van der Waals surface area contributed by atoms with E-state index in [1.54, 1.807) is 37.3 Å². The number of allylic oxidation sites excluding steroid dienone is 3. The number of hydrogen-bond acceptors (Lipinski definition) is 12. The van der Waals surface area contributed by atoms with E-state index < -0.39 is 5.92 Å². The molecule has 11 nitrogen and oxygen atoms in total. The van der Waals surface area contributed by atoms with Crippen molar-refractivity contribution in [1.82, 2.24) is 10.2 Å². The number of Topliss-reactive ketones (excluding diaryl/α,β-unsaturated/α-hetero) is 1. The second kappa shape index (κ2) is 12.6. The first kappa shape index (κ1) is 30.9. The molecule has 1 amide bonds. The molecule has 0 spiro atoms. The van der Waals surface area contributed by atoms with Crippen LogP contribution in [0.3, 0.4) is 0 Å². The van der Waals surface area contributed by atoms with Gasteiger partial charge in [-0.1, -0.05) is 49.1 Å². The average molecular weight is 633 g/mol. The smallest absolute Gasteiger partial charge is 0.234 e. The first-order chi connectivity index (χ1) is 21.1. The summed E-state index contributed by atoms with van der Waals surface area (Å²) in [5, 5.41) is 22.2. The number of benzene rings is 2. The van der Waals surface area contributed by atoms with Gasteiger partial charge in [-0.25, -0.2) is 0 Å². The van der Waals surface area contributed by atoms with Crippen LogP contribution in [0.5, 0.6) is 17.2 Å². The molecular weight excluding hydrogens is 601 g/mol. The molecule has 44 heavy (non-hydrogen) atoms. The van der Waals surface area contributed by atoms with Crippen molar-refractivity contribution in [3.05, 3.63) is 70.7 Å². The second-order valence-electron chi connectivity index (χ2n) is 11.0. The zero-order valence-electron chi connectivity index (χ0n) is 25.0. The van der Waals surface area contributed by atoms with E-state index in [-0.39, 0.29) is 34.3 Å². The Labute approximate surface area is 263 Å². The van der Waals surface area contributed by atoms with E-state index >= 15 is 0 Å². The Morgan fingerprint density at radius 1 is 1.14 bits per heavy atom. The third-order valence-corrected chi connectivity index (χ3v) is 9.44. The van der Waals surface area contributed by atoms with Gasteiger partial charge in [0.15, 0.2) is 10.1 Å². The van der Waals surface area contributed by atoms with Gasteiger partial charge in [0.2, 0.25) is 11.0 Å². The van der Waals surface area contributed by atoms with Gasteiger partial charge in [0, 0.05) is 23.8 Å². The number of nitrogens with zero attached hydrogens (tertiary/aromatic N) is 4. The zero-order valence-corrected chi connectivity index (χ0v) is 26.6. The predicted octanol–water partition coefficient (Wildman–Crippen LogP) is 5.24. The fourth-order valence-electron chi connectivity index (χ4n) is 5.46. The fraction of sp³-hybridized carbons (Fsp3) is 0.323. The molecule has 1 aliphatic heterocycles. The zero-order chi connectivity index (χ0) is 31.6. The molecular formula is C31H32N6O5S2.